The van der Waals surface area contributed by atoms with Gasteiger partial charge in [0.1, 0.15) is 5.58 Å². The standard InChI is InChI=1S/C26H14N2O5/c29-27(30)20-14-13-15-7-1-2-8-16(15)23(20)24-18-10-4-3-9-17(18)22-19-11-5-6-12-21(19)33-26(22)25(24)28(31)32/h1-14H/i5D. The summed E-state index contributed by atoms with van der Waals surface area (Å²) in [5.74, 6) is 0. The fourth-order valence-electron chi connectivity index (χ4n) is 4.68. The molecule has 0 saturated heterocycles. The zero-order chi connectivity index (χ0) is 23.6. The molecule has 0 fully saturated rings. The predicted molar refractivity (Wildman–Crippen MR) is 127 cm³/mol. The van der Waals surface area contributed by atoms with E-state index < -0.39 is 9.85 Å². The molecule has 0 aliphatic rings. The van der Waals surface area contributed by atoms with Crippen molar-refractivity contribution in [1.29, 1.82) is 0 Å². The van der Waals surface area contributed by atoms with Gasteiger partial charge >= 0.3 is 5.69 Å². The highest BCUT2D eigenvalue weighted by molar-refractivity contribution is 6.27. The van der Waals surface area contributed by atoms with Crippen LogP contribution in [-0.2, 0) is 0 Å². The van der Waals surface area contributed by atoms with Crippen molar-refractivity contribution >= 4 is 54.9 Å². The molecule has 7 nitrogen and oxygen atoms in total. The number of furan rings is 1. The SMILES string of the molecule is [2H]c1ccc2oc3c([N+](=O)[O-])c(-c4c([N+](=O)[O-])ccc5ccccc45)c4ccccc4c3c2c1. The number of para-hydroxylation sites is 1. The third-order valence-electron chi connectivity index (χ3n) is 5.99. The Morgan fingerprint density at radius 1 is 0.697 bits per heavy atom. The molecule has 0 N–H and O–H groups in total. The van der Waals surface area contributed by atoms with E-state index in [1.54, 1.807) is 54.6 Å². The smallest absolute Gasteiger partial charge is 0.320 e. The van der Waals surface area contributed by atoms with Gasteiger partial charge < -0.3 is 4.42 Å². The lowest BCUT2D eigenvalue weighted by Crippen LogP contribution is -1.99. The fourth-order valence-corrected chi connectivity index (χ4v) is 4.68. The van der Waals surface area contributed by atoms with Crippen molar-refractivity contribution in [2.45, 2.75) is 0 Å². The quantitative estimate of drug-likeness (QED) is 0.213. The van der Waals surface area contributed by atoms with Crippen LogP contribution in [0.4, 0.5) is 11.4 Å². The summed E-state index contributed by atoms with van der Waals surface area (Å²) < 4.78 is 14.0. The van der Waals surface area contributed by atoms with Gasteiger partial charge in [0.05, 0.1) is 22.3 Å². The van der Waals surface area contributed by atoms with Gasteiger partial charge in [-0.05, 0) is 33.7 Å². The van der Waals surface area contributed by atoms with Gasteiger partial charge in [0, 0.05) is 16.8 Å². The van der Waals surface area contributed by atoms with Crippen LogP contribution in [0.2, 0.25) is 0 Å². The molecule has 0 spiro atoms. The summed E-state index contributed by atoms with van der Waals surface area (Å²) in [6.45, 7) is 0. The summed E-state index contributed by atoms with van der Waals surface area (Å²) in [5.41, 5.74) is 0.188. The van der Waals surface area contributed by atoms with Crippen LogP contribution in [0, 0.1) is 20.2 Å². The van der Waals surface area contributed by atoms with E-state index in [9.17, 15) is 20.2 Å². The van der Waals surface area contributed by atoms with Crippen molar-refractivity contribution in [3.05, 3.63) is 105 Å². The molecule has 0 radical (unpaired) electrons. The first-order chi connectivity index (χ1) is 16.5. The van der Waals surface area contributed by atoms with E-state index in [2.05, 4.69) is 0 Å². The minimum Gasteiger partial charge on any atom is -0.449 e. The molecular formula is C26H14N2O5. The number of hydrogen-bond donors (Lipinski definition) is 0. The van der Waals surface area contributed by atoms with Crippen molar-refractivity contribution in [1.82, 2.24) is 0 Å². The van der Waals surface area contributed by atoms with Crippen molar-refractivity contribution in [2.75, 3.05) is 0 Å². The second kappa shape index (κ2) is 6.86. The third-order valence-corrected chi connectivity index (χ3v) is 5.99. The number of rotatable bonds is 3. The Bertz CT molecular complexity index is 1840. The molecule has 0 unspecified atom stereocenters. The normalized spacial score (nSPS) is 11.9. The Labute approximate surface area is 187 Å². The minimum absolute atomic E-state index is 0.0292. The summed E-state index contributed by atoms with van der Waals surface area (Å²) >= 11 is 0. The topological polar surface area (TPSA) is 99.4 Å². The number of nitrogens with zero attached hydrogens (tertiary/aromatic N) is 2. The molecule has 158 valence electrons. The van der Waals surface area contributed by atoms with E-state index in [1.165, 1.54) is 6.07 Å². The monoisotopic (exact) mass is 435 g/mol. The van der Waals surface area contributed by atoms with Crippen LogP contribution in [0.5, 0.6) is 0 Å². The Hall–Kier alpha value is -4.78. The van der Waals surface area contributed by atoms with Crippen molar-refractivity contribution in [3.63, 3.8) is 0 Å². The van der Waals surface area contributed by atoms with Gasteiger partial charge in [-0.2, -0.15) is 0 Å². The van der Waals surface area contributed by atoms with Gasteiger partial charge in [-0.25, -0.2) is 0 Å². The van der Waals surface area contributed by atoms with E-state index in [1.807, 2.05) is 18.2 Å². The Morgan fingerprint density at radius 2 is 1.42 bits per heavy atom. The van der Waals surface area contributed by atoms with Crippen molar-refractivity contribution in [2.24, 2.45) is 0 Å². The molecule has 1 heterocycles. The molecule has 7 heteroatoms. The average Bonchev–Trinajstić information content (AvgIpc) is 3.20. The lowest BCUT2D eigenvalue weighted by Gasteiger charge is -2.12. The van der Waals surface area contributed by atoms with Crippen LogP contribution >= 0.6 is 0 Å². The third kappa shape index (κ3) is 2.62. The number of nitro benzene ring substituents is 2. The molecule has 0 aliphatic carbocycles. The zero-order valence-electron chi connectivity index (χ0n) is 17.9. The second-order valence-corrected chi connectivity index (χ2v) is 7.69. The average molecular weight is 435 g/mol. The van der Waals surface area contributed by atoms with Gasteiger partial charge in [-0.3, -0.25) is 20.2 Å². The van der Waals surface area contributed by atoms with E-state index in [-0.39, 0.29) is 34.1 Å². The molecule has 1 aromatic heterocycles. The van der Waals surface area contributed by atoms with Crippen LogP contribution in [0.15, 0.2) is 89.3 Å². The lowest BCUT2D eigenvalue weighted by atomic mass is 9.89. The Balaban J connectivity index is 1.95. The fraction of sp³-hybridized carbons (Fsp3) is 0. The molecular weight excluding hydrogens is 420 g/mol. The van der Waals surface area contributed by atoms with Crippen molar-refractivity contribution in [3.8, 4) is 11.1 Å². The maximum absolute atomic E-state index is 12.6. The minimum atomic E-state index is -0.542. The van der Waals surface area contributed by atoms with Gasteiger partial charge in [0.2, 0.25) is 5.58 Å². The van der Waals surface area contributed by atoms with Crippen LogP contribution in [0.1, 0.15) is 1.37 Å². The van der Waals surface area contributed by atoms with Gasteiger partial charge in [0.15, 0.2) is 0 Å². The molecule has 0 atom stereocenters. The van der Waals surface area contributed by atoms with Gasteiger partial charge in [0.25, 0.3) is 5.69 Å². The molecule has 0 bridgehead atoms. The first kappa shape index (κ1) is 17.9. The maximum atomic E-state index is 12.6. The summed E-state index contributed by atoms with van der Waals surface area (Å²) in [6, 6.07) is 22.2. The molecule has 5 aromatic carbocycles. The van der Waals surface area contributed by atoms with Gasteiger partial charge in [-0.1, -0.05) is 66.7 Å². The largest absolute Gasteiger partial charge is 0.449 e. The summed E-state index contributed by atoms with van der Waals surface area (Å²) in [7, 11) is 0. The van der Waals surface area contributed by atoms with Gasteiger partial charge in [-0.15, -0.1) is 0 Å². The number of benzene rings is 5. The van der Waals surface area contributed by atoms with E-state index in [0.717, 1.165) is 5.39 Å². The summed E-state index contributed by atoms with van der Waals surface area (Å²) in [4.78, 5) is 23.6. The highest BCUT2D eigenvalue weighted by atomic mass is 16.6. The van der Waals surface area contributed by atoms with Crippen LogP contribution in [0.3, 0.4) is 0 Å². The molecule has 6 aromatic rings. The highest BCUT2D eigenvalue weighted by Crippen LogP contribution is 2.50. The number of hydrogen-bond acceptors (Lipinski definition) is 5. The Morgan fingerprint density at radius 3 is 2.18 bits per heavy atom. The first-order valence-corrected chi connectivity index (χ1v) is 10.1. The van der Waals surface area contributed by atoms with Crippen LogP contribution < -0.4 is 0 Å². The lowest BCUT2D eigenvalue weighted by molar-refractivity contribution is -0.385. The number of nitro groups is 2. The number of fused-ring (bicyclic) bond motifs is 6. The molecule has 33 heavy (non-hydrogen) atoms. The van der Waals surface area contributed by atoms with Crippen LogP contribution in [0.25, 0.3) is 54.6 Å². The molecule has 6 rings (SSSR count). The zero-order valence-corrected chi connectivity index (χ0v) is 16.9. The Kier molecular flexibility index (Phi) is 3.71. The van der Waals surface area contributed by atoms with Crippen molar-refractivity contribution < 1.29 is 15.6 Å². The van der Waals surface area contributed by atoms with E-state index >= 15 is 0 Å². The van der Waals surface area contributed by atoms with Crippen LogP contribution in [-0.4, -0.2) is 9.85 Å². The maximum Gasteiger partial charge on any atom is 0.320 e. The summed E-state index contributed by atoms with van der Waals surface area (Å²) in [5, 5.41) is 28.2. The predicted octanol–water partition coefficient (Wildman–Crippen LogP) is 7.38. The highest BCUT2D eigenvalue weighted by Gasteiger charge is 2.33. The second-order valence-electron chi connectivity index (χ2n) is 7.69. The first-order valence-electron chi connectivity index (χ1n) is 10.6. The molecule has 0 saturated carbocycles. The molecule has 0 amide bonds. The van der Waals surface area contributed by atoms with E-state index in [0.29, 0.717) is 32.5 Å². The summed E-state index contributed by atoms with van der Waals surface area (Å²) in [6.07, 6.45) is 0. The molecule has 0 aliphatic heterocycles. The van der Waals surface area contributed by atoms with E-state index in [4.69, 9.17) is 5.79 Å².